The highest BCUT2D eigenvalue weighted by molar-refractivity contribution is 6.05. The van der Waals surface area contributed by atoms with Crippen LogP contribution < -0.4 is 20.3 Å². The van der Waals surface area contributed by atoms with E-state index in [2.05, 4.69) is 34.7 Å². The number of rotatable bonds is 8. The van der Waals surface area contributed by atoms with E-state index in [-0.39, 0.29) is 11.9 Å². The number of amides is 1. The van der Waals surface area contributed by atoms with Crippen molar-refractivity contribution >= 4 is 17.7 Å². The molecule has 7 heteroatoms. The number of hydrogen-bond donors (Lipinski definition) is 2. The largest absolute Gasteiger partial charge is 0.497 e. The minimum absolute atomic E-state index is 0.0385. The fraction of sp³-hybridized carbons (Fsp3) is 0.346. The van der Waals surface area contributed by atoms with Gasteiger partial charge in [0, 0.05) is 18.3 Å². The molecule has 0 radical (unpaired) electrons. The van der Waals surface area contributed by atoms with Gasteiger partial charge < -0.3 is 15.4 Å². The number of nitrogens with zero attached hydrogens (tertiary/aromatic N) is 3. The number of anilines is 2. The minimum atomic E-state index is -0.0723. The zero-order valence-electron chi connectivity index (χ0n) is 19.2. The molecule has 2 aromatic carbocycles. The van der Waals surface area contributed by atoms with Crippen molar-refractivity contribution in [1.82, 2.24) is 15.3 Å². The summed E-state index contributed by atoms with van der Waals surface area (Å²) >= 11 is 0. The van der Waals surface area contributed by atoms with Crippen molar-refractivity contribution < 1.29 is 9.53 Å². The van der Waals surface area contributed by atoms with Gasteiger partial charge in [-0.3, -0.25) is 9.69 Å². The molecule has 2 N–H and O–H groups in total. The molecule has 0 unspecified atom stereocenters. The first-order valence-electron chi connectivity index (χ1n) is 11.4. The van der Waals surface area contributed by atoms with E-state index in [1.807, 2.05) is 30.3 Å². The van der Waals surface area contributed by atoms with Gasteiger partial charge in [0.2, 0.25) is 5.95 Å². The fourth-order valence-corrected chi connectivity index (χ4v) is 4.08. The monoisotopic (exact) mass is 445 g/mol. The summed E-state index contributed by atoms with van der Waals surface area (Å²) in [6.07, 6.45) is 3.78. The zero-order valence-corrected chi connectivity index (χ0v) is 19.2. The van der Waals surface area contributed by atoms with Crippen LogP contribution in [0.5, 0.6) is 5.75 Å². The van der Waals surface area contributed by atoms with Crippen LogP contribution >= 0.6 is 0 Å². The lowest BCUT2D eigenvalue weighted by atomic mass is 9.97. The Morgan fingerprint density at radius 1 is 1.12 bits per heavy atom. The summed E-state index contributed by atoms with van der Waals surface area (Å²) in [4.78, 5) is 24.5. The van der Waals surface area contributed by atoms with Gasteiger partial charge in [-0.25, -0.2) is 4.98 Å². The van der Waals surface area contributed by atoms with Crippen molar-refractivity contribution in [3.8, 4) is 5.75 Å². The first-order chi connectivity index (χ1) is 16.1. The highest BCUT2D eigenvalue weighted by Crippen LogP contribution is 2.24. The molecule has 4 rings (SSSR count). The normalized spacial score (nSPS) is 15.0. The van der Waals surface area contributed by atoms with Crippen LogP contribution in [0.3, 0.4) is 0 Å². The SMILES string of the molecule is COc1ccc(C(=O)N(CC2CCNCC2)c2ccnc(N[C@@H](C)c3ccccc3)n2)cc1. The molecule has 0 spiro atoms. The van der Waals surface area contributed by atoms with Gasteiger partial charge in [-0.05, 0) is 74.7 Å². The van der Waals surface area contributed by atoms with Gasteiger partial charge in [0.15, 0.2) is 0 Å². The number of hydrogen-bond acceptors (Lipinski definition) is 6. The van der Waals surface area contributed by atoms with Crippen LogP contribution in [0.4, 0.5) is 11.8 Å². The smallest absolute Gasteiger partial charge is 0.259 e. The molecule has 1 atom stereocenters. The van der Waals surface area contributed by atoms with Crippen LogP contribution in [0.25, 0.3) is 0 Å². The standard InChI is InChI=1S/C26H31N5O2/c1-19(21-6-4-3-5-7-21)29-26-28-17-14-24(30-26)31(18-20-12-15-27-16-13-20)25(32)22-8-10-23(33-2)11-9-22/h3-11,14,17,19-20,27H,12-13,15-16,18H2,1-2H3,(H,28,29,30)/t19-/m0/s1. The van der Waals surface area contributed by atoms with Gasteiger partial charge in [-0.2, -0.15) is 4.98 Å². The lowest BCUT2D eigenvalue weighted by Crippen LogP contribution is -2.40. The van der Waals surface area contributed by atoms with Gasteiger partial charge in [0.05, 0.1) is 13.2 Å². The number of ether oxygens (including phenoxy) is 1. The number of methoxy groups -OCH3 is 1. The molecule has 1 aliphatic heterocycles. The Morgan fingerprint density at radius 2 is 1.85 bits per heavy atom. The van der Waals surface area contributed by atoms with Crippen molar-refractivity contribution in [2.45, 2.75) is 25.8 Å². The molecule has 1 aliphatic rings. The van der Waals surface area contributed by atoms with Crippen molar-refractivity contribution in [2.75, 3.05) is 37.0 Å². The number of carbonyl (C=O) groups is 1. The van der Waals surface area contributed by atoms with Crippen LogP contribution in [-0.2, 0) is 0 Å². The molecule has 3 aromatic rings. The van der Waals surface area contributed by atoms with Gasteiger partial charge >= 0.3 is 0 Å². The Balaban J connectivity index is 1.58. The van der Waals surface area contributed by atoms with Crippen LogP contribution in [-0.4, -0.2) is 42.6 Å². The Morgan fingerprint density at radius 3 is 2.55 bits per heavy atom. The number of nitrogens with one attached hydrogen (secondary N) is 2. The lowest BCUT2D eigenvalue weighted by molar-refractivity contribution is 0.0980. The Hall–Kier alpha value is -3.45. The molecule has 7 nitrogen and oxygen atoms in total. The van der Waals surface area contributed by atoms with E-state index in [0.29, 0.717) is 29.8 Å². The Labute approximate surface area is 195 Å². The lowest BCUT2D eigenvalue weighted by Gasteiger charge is -2.30. The molecular weight excluding hydrogens is 414 g/mol. The van der Waals surface area contributed by atoms with Crippen LogP contribution in [0.15, 0.2) is 66.9 Å². The molecule has 172 valence electrons. The summed E-state index contributed by atoms with van der Waals surface area (Å²) in [6, 6.07) is 19.2. The second-order valence-electron chi connectivity index (χ2n) is 8.35. The predicted octanol–water partition coefficient (Wildman–Crippen LogP) is 4.30. The number of piperidine rings is 1. The predicted molar refractivity (Wildman–Crippen MR) is 131 cm³/mol. The Bertz CT molecular complexity index is 1040. The van der Waals surface area contributed by atoms with Gasteiger partial charge in [0.1, 0.15) is 11.6 Å². The summed E-state index contributed by atoms with van der Waals surface area (Å²) < 4.78 is 5.24. The van der Waals surface area contributed by atoms with E-state index in [9.17, 15) is 4.79 Å². The van der Waals surface area contributed by atoms with E-state index >= 15 is 0 Å². The number of aromatic nitrogens is 2. The van der Waals surface area contributed by atoms with Gasteiger partial charge in [-0.15, -0.1) is 0 Å². The summed E-state index contributed by atoms with van der Waals surface area (Å²) in [6.45, 7) is 4.64. The topological polar surface area (TPSA) is 79.4 Å². The van der Waals surface area contributed by atoms with Gasteiger partial charge in [0.25, 0.3) is 5.91 Å². The summed E-state index contributed by atoms with van der Waals surface area (Å²) in [5.74, 6) is 2.17. The maximum absolute atomic E-state index is 13.6. The van der Waals surface area contributed by atoms with E-state index in [0.717, 1.165) is 37.2 Å². The molecule has 0 bridgehead atoms. The maximum atomic E-state index is 13.6. The molecule has 1 fully saturated rings. The van der Waals surface area contributed by atoms with Crippen LogP contribution in [0.2, 0.25) is 0 Å². The maximum Gasteiger partial charge on any atom is 0.259 e. The highest BCUT2D eigenvalue weighted by atomic mass is 16.5. The third-order valence-electron chi connectivity index (χ3n) is 6.04. The summed E-state index contributed by atoms with van der Waals surface area (Å²) in [5, 5.41) is 6.76. The van der Waals surface area contributed by atoms with E-state index in [4.69, 9.17) is 9.72 Å². The molecule has 1 amide bonds. The second kappa shape index (κ2) is 10.9. The first-order valence-corrected chi connectivity index (χ1v) is 11.4. The average molecular weight is 446 g/mol. The van der Waals surface area contributed by atoms with Crippen molar-refractivity contribution in [1.29, 1.82) is 0 Å². The van der Waals surface area contributed by atoms with Crippen LogP contribution in [0, 0.1) is 5.92 Å². The minimum Gasteiger partial charge on any atom is -0.497 e. The third-order valence-corrected chi connectivity index (χ3v) is 6.04. The number of benzene rings is 2. The van der Waals surface area contributed by atoms with Crippen molar-refractivity contribution in [3.05, 3.63) is 78.0 Å². The van der Waals surface area contributed by atoms with Crippen LogP contribution in [0.1, 0.15) is 41.7 Å². The zero-order chi connectivity index (χ0) is 23.0. The van der Waals surface area contributed by atoms with Crippen molar-refractivity contribution in [2.24, 2.45) is 5.92 Å². The molecule has 1 aromatic heterocycles. The Kier molecular flexibility index (Phi) is 7.52. The van der Waals surface area contributed by atoms with Gasteiger partial charge in [-0.1, -0.05) is 30.3 Å². The molecule has 33 heavy (non-hydrogen) atoms. The molecule has 2 heterocycles. The van der Waals surface area contributed by atoms with E-state index in [1.165, 1.54) is 0 Å². The quantitative estimate of drug-likeness (QED) is 0.538. The molecule has 1 saturated heterocycles. The summed E-state index contributed by atoms with van der Waals surface area (Å²) in [5.41, 5.74) is 1.75. The molecule has 0 saturated carbocycles. The second-order valence-corrected chi connectivity index (χ2v) is 8.35. The fourth-order valence-electron chi connectivity index (χ4n) is 4.08. The highest BCUT2D eigenvalue weighted by Gasteiger charge is 2.25. The van der Waals surface area contributed by atoms with Crippen molar-refractivity contribution in [3.63, 3.8) is 0 Å². The molecular formula is C26H31N5O2. The number of carbonyl (C=O) groups excluding carboxylic acids is 1. The third kappa shape index (κ3) is 5.87. The average Bonchev–Trinajstić information content (AvgIpc) is 2.88. The summed E-state index contributed by atoms with van der Waals surface area (Å²) in [7, 11) is 1.62. The van der Waals surface area contributed by atoms with E-state index < -0.39 is 0 Å². The van der Waals surface area contributed by atoms with E-state index in [1.54, 1.807) is 36.4 Å². The molecule has 0 aliphatic carbocycles. The first kappa shape index (κ1) is 22.7.